The molecule has 0 saturated carbocycles. The van der Waals surface area contributed by atoms with Gasteiger partial charge in [0.05, 0.1) is 6.21 Å². The molecule has 0 aliphatic heterocycles. The molecule has 0 atom stereocenters. The Balaban J connectivity index is 1.76. The Kier molecular flexibility index (Phi) is 6.71. The first-order valence-corrected chi connectivity index (χ1v) is 8.27. The monoisotopic (exact) mass is 357 g/mol. The number of amides is 2. The molecule has 0 aliphatic rings. The summed E-state index contributed by atoms with van der Waals surface area (Å²) in [5, 5.41) is 7.17. The lowest BCUT2D eigenvalue weighted by Crippen LogP contribution is -2.20. The van der Waals surface area contributed by atoms with Crippen LogP contribution in [0.15, 0.2) is 47.6 Å². The highest BCUT2D eigenvalue weighted by Gasteiger charge is 2.07. The van der Waals surface area contributed by atoms with Crippen LogP contribution in [-0.2, 0) is 9.59 Å². The number of nitrogens with one attached hydrogen (secondary N) is 2. The first-order valence-electron chi connectivity index (χ1n) is 7.89. The van der Waals surface area contributed by atoms with E-state index in [-0.39, 0.29) is 24.7 Å². The quantitative estimate of drug-likeness (QED) is 0.609. The van der Waals surface area contributed by atoms with E-state index in [2.05, 4.69) is 15.8 Å². The molecule has 130 valence electrons. The zero-order chi connectivity index (χ0) is 18.2. The van der Waals surface area contributed by atoms with Crippen molar-refractivity contribution < 1.29 is 9.59 Å². The zero-order valence-electron chi connectivity index (χ0n) is 14.2. The van der Waals surface area contributed by atoms with Crippen molar-refractivity contribution >= 4 is 35.3 Å². The van der Waals surface area contributed by atoms with Crippen LogP contribution < -0.4 is 10.7 Å². The van der Waals surface area contributed by atoms with Gasteiger partial charge in [-0.2, -0.15) is 5.10 Å². The third-order valence-electron chi connectivity index (χ3n) is 3.67. The summed E-state index contributed by atoms with van der Waals surface area (Å²) in [4.78, 5) is 23.6. The largest absolute Gasteiger partial charge is 0.326 e. The predicted molar refractivity (Wildman–Crippen MR) is 101 cm³/mol. The number of aryl methyl sites for hydroxylation is 2. The van der Waals surface area contributed by atoms with Gasteiger partial charge in [-0.3, -0.25) is 9.59 Å². The highest BCUT2D eigenvalue weighted by Crippen LogP contribution is 2.14. The van der Waals surface area contributed by atoms with Gasteiger partial charge in [0.1, 0.15) is 0 Å². The lowest BCUT2D eigenvalue weighted by Gasteiger charge is -2.07. The first kappa shape index (κ1) is 18.7. The van der Waals surface area contributed by atoms with Crippen molar-refractivity contribution in [1.29, 1.82) is 0 Å². The molecule has 0 unspecified atom stereocenters. The van der Waals surface area contributed by atoms with Crippen LogP contribution in [0.5, 0.6) is 0 Å². The molecule has 0 saturated heterocycles. The van der Waals surface area contributed by atoms with E-state index in [1.807, 2.05) is 44.2 Å². The molecule has 0 bridgehead atoms. The molecule has 0 fully saturated rings. The average Bonchev–Trinajstić information content (AvgIpc) is 2.58. The minimum absolute atomic E-state index is 0.0521. The van der Waals surface area contributed by atoms with Gasteiger partial charge in [0.15, 0.2) is 0 Å². The van der Waals surface area contributed by atoms with Crippen molar-refractivity contribution in [3.8, 4) is 0 Å². The normalized spacial score (nSPS) is 10.7. The van der Waals surface area contributed by atoms with E-state index < -0.39 is 0 Å². The molecule has 2 aromatic carbocycles. The highest BCUT2D eigenvalue weighted by molar-refractivity contribution is 6.33. The Morgan fingerprint density at radius 1 is 1.04 bits per heavy atom. The second kappa shape index (κ2) is 8.99. The fraction of sp³-hybridized carbons (Fsp3) is 0.211. The average molecular weight is 358 g/mol. The van der Waals surface area contributed by atoms with Crippen molar-refractivity contribution in [2.24, 2.45) is 5.10 Å². The van der Waals surface area contributed by atoms with E-state index >= 15 is 0 Å². The smallest absolute Gasteiger partial charge is 0.240 e. The Morgan fingerprint density at radius 2 is 1.76 bits per heavy atom. The third-order valence-corrected chi connectivity index (χ3v) is 4.01. The molecular weight excluding hydrogens is 338 g/mol. The van der Waals surface area contributed by atoms with Crippen LogP contribution >= 0.6 is 11.6 Å². The van der Waals surface area contributed by atoms with Crippen molar-refractivity contribution in [3.63, 3.8) is 0 Å². The van der Waals surface area contributed by atoms with Crippen LogP contribution in [-0.4, -0.2) is 18.0 Å². The van der Waals surface area contributed by atoms with Crippen LogP contribution in [0.2, 0.25) is 5.02 Å². The van der Waals surface area contributed by atoms with Gasteiger partial charge in [0.2, 0.25) is 11.8 Å². The number of hydrogen-bond acceptors (Lipinski definition) is 3. The van der Waals surface area contributed by atoms with Gasteiger partial charge in [-0.05, 0) is 43.2 Å². The van der Waals surface area contributed by atoms with E-state index in [4.69, 9.17) is 11.6 Å². The van der Waals surface area contributed by atoms with Gasteiger partial charge in [-0.15, -0.1) is 0 Å². The van der Waals surface area contributed by atoms with Crippen LogP contribution in [0.3, 0.4) is 0 Å². The van der Waals surface area contributed by atoms with Crippen LogP contribution in [0, 0.1) is 13.8 Å². The summed E-state index contributed by atoms with van der Waals surface area (Å²) in [6, 6.07) is 12.9. The third kappa shape index (κ3) is 6.04. The fourth-order valence-electron chi connectivity index (χ4n) is 2.08. The van der Waals surface area contributed by atoms with Gasteiger partial charge < -0.3 is 5.32 Å². The van der Waals surface area contributed by atoms with Crippen molar-refractivity contribution in [2.75, 3.05) is 5.32 Å². The maximum atomic E-state index is 11.9. The number of carbonyl (C=O) groups excluding carboxylic acids is 2. The zero-order valence-corrected chi connectivity index (χ0v) is 14.9. The van der Waals surface area contributed by atoms with Crippen LogP contribution in [0.1, 0.15) is 29.5 Å². The van der Waals surface area contributed by atoms with Crippen molar-refractivity contribution in [2.45, 2.75) is 26.7 Å². The van der Waals surface area contributed by atoms with Crippen LogP contribution in [0.25, 0.3) is 0 Å². The number of rotatable bonds is 6. The number of halogens is 1. The Bertz CT molecular complexity index is 803. The summed E-state index contributed by atoms with van der Waals surface area (Å²) in [5.41, 5.74) is 6.08. The summed E-state index contributed by atoms with van der Waals surface area (Å²) < 4.78 is 0. The Morgan fingerprint density at radius 3 is 2.48 bits per heavy atom. The first-order chi connectivity index (χ1) is 12.0. The lowest BCUT2D eigenvalue weighted by molar-refractivity contribution is -0.124. The van der Waals surface area contributed by atoms with E-state index in [0.717, 1.165) is 16.8 Å². The molecule has 0 aliphatic carbocycles. The Labute approximate surface area is 152 Å². The topological polar surface area (TPSA) is 70.6 Å². The number of hydrazone groups is 1. The van der Waals surface area contributed by atoms with Crippen LogP contribution in [0.4, 0.5) is 5.69 Å². The van der Waals surface area contributed by atoms with Gasteiger partial charge >= 0.3 is 0 Å². The minimum Gasteiger partial charge on any atom is -0.326 e. The van der Waals surface area contributed by atoms with E-state index in [9.17, 15) is 9.59 Å². The molecule has 2 aromatic rings. The van der Waals surface area contributed by atoms with Gasteiger partial charge in [-0.1, -0.05) is 35.9 Å². The standard InChI is InChI=1S/C19H20ClN3O2/c1-13-7-8-16(11-14(13)2)22-18(24)9-10-19(25)23-21-12-15-5-3-4-6-17(15)20/h3-8,11-12H,9-10H2,1-2H3,(H,22,24)(H,23,25). The SMILES string of the molecule is Cc1ccc(NC(=O)CCC(=O)NN=Cc2ccccc2Cl)cc1C. The Hall–Kier alpha value is -2.66. The summed E-state index contributed by atoms with van der Waals surface area (Å²) in [7, 11) is 0. The second-order valence-electron chi connectivity index (χ2n) is 5.66. The fourth-order valence-corrected chi connectivity index (χ4v) is 2.26. The molecule has 2 amide bonds. The number of hydrogen-bond donors (Lipinski definition) is 2. The van der Waals surface area contributed by atoms with Crippen molar-refractivity contribution in [1.82, 2.24) is 5.43 Å². The number of anilines is 1. The summed E-state index contributed by atoms with van der Waals surface area (Å²) in [5.74, 6) is -0.549. The van der Waals surface area contributed by atoms with E-state index in [1.165, 1.54) is 6.21 Å². The maximum absolute atomic E-state index is 11.9. The molecule has 5 nitrogen and oxygen atoms in total. The number of nitrogens with zero attached hydrogens (tertiary/aromatic N) is 1. The molecule has 2 N–H and O–H groups in total. The maximum Gasteiger partial charge on any atom is 0.240 e. The predicted octanol–water partition coefficient (Wildman–Crippen LogP) is 3.83. The van der Waals surface area contributed by atoms with Gasteiger partial charge in [0, 0.05) is 29.1 Å². The summed E-state index contributed by atoms with van der Waals surface area (Å²) in [6.07, 6.45) is 1.60. The van der Waals surface area contributed by atoms with E-state index in [0.29, 0.717) is 10.6 Å². The second-order valence-corrected chi connectivity index (χ2v) is 6.07. The van der Waals surface area contributed by atoms with Gasteiger partial charge in [0.25, 0.3) is 0 Å². The summed E-state index contributed by atoms with van der Waals surface area (Å²) in [6.45, 7) is 3.99. The molecule has 0 heterocycles. The molecule has 6 heteroatoms. The molecule has 0 aromatic heterocycles. The minimum atomic E-state index is -0.335. The molecule has 0 radical (unpaired) electrons. The lowest BCUT2D eigenvalue weighted by atomic mass is 10.1. The number of benzene rings is 2. The molecule has 0 spiro atoms. The van der Waals surface area contributed by atoms with Gasteiger partial charge in [-0.25, -0.2) is 5.43 Å². The number of carbonyl (C=O) groups is 2. The molecule has 25 heavy (non-hydrogen) atoms. The summed E-state index contributed by atoms with van der Waals surface area (Å²) >= 11 is 5.98. The molecule has 2 rings (SSSR count). The van der Waals surface area contributed by atoms with Crippen molar-refractivity contribution in [3.05, 3.63) is 64.2 Å². The highest BCUT2D eigenvalue weighted by atomic mass is 35.5. The molecular formula is C19H20ClN3O2. The van der Waals surface area contributed by atoms with E-state index in [1.54, 1.807) is 12.1 Å².